The second-order valence-corrected chi connectivity index (χ2v) is 8.19. The Balaban J connectivity index is 1.38. The molecular formula is C30H22N2O5. The molecule has 0 amide bonds. The zero-order valence-electron chi connectivity index (χ0n) is 19.7. The van der Waals surface area contributed by atoms with Gasteiger partial charge in [-0.1, -0.05) is 54.6 Å². The molecule has 1 aliphatic heterocycles. The second kappa shape index (κ2) is 10.6. The van der Waals surface area contributed by atoms with Crippen LogP contribution >= 0.6 is 0 Å². The maximum absolute atomic E-state index is 12.3. The van der Waals surface area contributed by atoms with Crippen molar-refractivity contribution in [2.75, 3.05) is 6.61 Å². The first kappa shape index (κ1) is 23.5. The van der Waals surface area contributed by atoms with Crippen LogP contribution in [0.2, 0.25) is 0 Å². The van der Waals surface area contributed by atoms with E-state index in [-0.39, 0.29) is 23.8 Å². The quantitative estimate of drug-likeness (QED) is 0.262. The zero-order chi connectivity index (χ0) is 25.6. The van der Waals surface area contributed by atoms with E-state index in [0.717, 1.165) is 5.56 Å². The van der Waals surface area contributed by atoms with Crippen LogP contribution in [0.15, 0.2) is 115 Å². The van der Waals surface area contributed by atoms with E-state index in [1.165, 1.54) is 0 Å². The molecule has 0 spiro atoms. The van der Waals surface area contributed by atoms with E-state index >= 15 is 0 Å². The lowest BCUT2D eigenvalue weighted by Gasteiger charge is -2.27. The molecule has 0 aromatic heterocycles. The van der Waals surface area contributed by atoms with Crippen molar-refractivity contribution in [3.8, 4) is 34.8 Å². The van der Waals surface area contributed by atoms with Crippen LogP contribution in [0.25, 0.3) is 0 Å². The van der Waals surface area contributed by atoms with Gasteiger partial charge in [0.25, 0.3) is 0 Å². The van der Waals surface area contributed by atoms with Gasteiger partial charge in [0.1, 0.15) is 40.4 Å². The molecule has 1 atom stereocenters. The number of nitrogens with zero attached hydrogens (tertiary/aromatic N) is 1. The van der Waals surface area contributed by atoms with Crippen LogP contribution in [0.4, 0.5) is 0 Å². The Hall–Kier alpha value is -5.22. The molecule has 0 saturated carbocycles. The highest BCUT2D eigenvalue weighted by molar-refractivity contribution is 5.74. The normalized spacial score (nSPS) is 14.1. The summed E-state index contributed by atoms with van der Waals surface area (Å²) in [6, 6.07) is 33.0. The van der Waals surface area contributed by atoms with Crippen molar-refractivity contribution in [1.29, 1.82) is 5.26 Å². The van der Waals surface area contributed by atoms with Crippen molar-refractivity contribution in [1.82, 2.24) is 0 Å². The standard InChI is InChI=1S/C30H22N2O5/c31-18-26-29(20-8-7-13-23(16-20)35-22-11-5-2-6-12-22)25-15-14-24(17-27(25)37-30(26)32)36-28(33)19-34-21-9-3-1-4-10-21/h1-17,29H,19,32H2. The maximum Gasteiger partial charge on any atom is 0.349 e. The molecule has 7 heteroatoms. The average Bonchev–Trinajstić information content (AvgIpc) is 2.92. The third-order valence-electron chi connectivity index (χ3n) is 5.69. The van der Waals surface area contributed by atoms with Crippen molar-refractivity contribution in [2.24, 2.45) is 5.73 Å². The Labute approximate surface area is 213 Å². The van der Waals surface area contributed by atoms with Crippen LogP contribution in [0, 0.1) is 11.3 Å². The lowest BCUT2D eigenvalue weighted by atomic mass is 9.83. The van der Waals surface area contributed by atoms with E-state index < -0.39 is 11.9 Å². The number of allylic oxidation sites excluding steroid dienone is 1. The van der Waals surface area contributed by atoms with Crippen LogP contribution in [0.5, 0.6) is 28.7 Å². The van der Waals surface area contributed by atoms with E-state index in [2.05, 4.69) is 6.07 Å². The highest BCUT2D eigenvalue weighted by Crippen LogP contribution is 2.44. The van der Waals surface area contributed by atoms with Crippen LogP contribution in [-0.2, 0) is 4.79 Å². The number of nitriles is 1. The largest absolute Gasteiger partial charge is 0.482 e. The van der Waals surface area contributed by atoms with E-state index in [1.54, 1.807) is 30.3 Å². The number of hydrogen-bond acceptors (Lipinski definition) is 7. The summed E-state index contributed by atoms with van der Waals surface area (Å²) in [6.07, 6.45) is 0. The van der Waals surface area contributed by atoms with E-state index in [1.807, 2.05) is 72.8 Å². The van der Waals surface area contributed by atoms with Crippen molar-refractivity contribution >= 4 is 5.97 Å². The van der Waals surface area contributed by atoms with Crippen molar-refractivity contribution in [3.05, 3.63) is 126 Å². The van der Waals surface area contributed by atoms with Crippen molar-refractivity contribution in [3.63, 3.8) is 0 Å². The smallest absolute Gasteiger partial charge is 0.349 e. The van der Waals surface area contributed by atoms with Gasteiger partial charge in [0.05, 0.1) is 5.92 Å². The summed E-state index contributed by atoms with van der Waals surface area (Å²) in [5.41, 5.74) is 7.93. The number of nitrogens with two attached hydrogens (primary N) is 1. The Kier molecular flexibility index (Phi) is 6.73. The number of hydrogen-bond donors (Lipinski definition) is 1. The zero-order valence-corrected chi connectivity index (χ0v) is 19.7. The average molecular weight is 491 g/mol. The van der Waals surface area contributed by atoms with E-state index in [9.17, 15) is 10.1 Å². The first-order valence-corrected chi connectivity index (χ1v) is 11.5. The Morgan fingerprint density at radius 1 is 0.838 bits per heavy atom. The molecule has 5 rings (SSSR count). The first-order chi connectivity index (χ1) is 18.1. The minimum atomic E-state index is -0.567. The lowest BCUT2D eigenvalue weighted by Crippen LogP contribution is -2.21. The van der Waals surface area contributed by atoms with Gasteiger partial charge < -0.3 is 24.7 Å². The molecule has 37 heavy (non-hydrogen) atoms. The molecule has 0 saturated heterocycles. The van der Waals surface area contributed by atoms with Gasteiger partial charge in [-0.05, 0) is 48.0 Å². The molecule has 0 fully saturated rings. The highest BCUT2D eigenvalue weighted by Gasteiger charge is 2.31. The molecule has 7 nitrogen and oxygen atoms in total. The fourth-order valence-electron chi connectivity index (χ4n) is 4.04. The molecule has 1 unspecified atom stereocenters. The molecule has 0 radical (unpaired) electrons. The SMILES string of the molecule is N#CC1=C(N)Oc2cc(OC(=O)COc3ccccc3)ccc2C1c1cccc(Oc2ccccc2)c1. The van der Waals surface area contributed by atoms with E-state index in [4.69, 9.17) is 24.7 Å². The Morgan fingerprint density at radius 3 is 2.27 bits per heavy atom. The fraction of sp³-hybridized carbons (Fsp3) is 0.0667. The fourth-order valence-corrected chi connectivity index (χ4v) is 4.04. The minimum absolute atomic E-state index is 0.00901. The third-order valence-corrected chi connectivity index (χ3v) is 5.69. The van der Waals surface area contributed by atoms with Crippen LogP contribution in [-0.4, -0.2) is 12.6 Å². The highest BCUT2D eigenvalue weighted by atomic mass is 16.6. The molecule has 1 heterocycles. The number of rotatable bonds is 7. The number of fused-ring (bicyclic) bond motifs is 1. The molecule has 4 aromatic carbocycles. The van der Waals surface area contributed by atoms with Gasteiger partial charge in [0.15, 0.2) is 6.61 Å². The van der Waals surface area contributed by atoms with Gasteiger partial charge >= 0.3 is 5.97 Å². The van der Waals surface area contributed by atoms with Gasteiger partial charge in [0.2, 0.25) is 5.88 Å². The number of carbonyl (C=O) groups excluding carboxylic acids is 1. The molecule has 1 aliphatic rings. The summed E-state index contributed by atoms with van der Waals surface area (Å²) >= 11 is 0. The predicted molar refractivity (Wildman–Crippen MR) is 136 cm³/mol. The number of esters is 1. The molecule has 182 valence electrons. The number of carbonyl (C=O) groups is 1. The van der Waals surface area contributed by atoms with Gasteiger partial charge in [0, 0.05) is 11.6 Å². The second-order valence-electron chi connectivity index (χ2n) is 8.19. The Bertz CT molecular complexity index is 1490. The van der Waals surface area contributed by atoms with Crippen molar-refractivity contribution in [2.45, 2.75) is 5.92 Å². The summed E-state index contributed by atoms with van der Waals surface area (Å²) in [7, 11) is 0. The predicted octanol–water partition coefficient (Wildman–Crippen LogP) is 5.68. The van der Waals surface area contributed by atoms with Gasteiger partial charge in [-0.2, -0.15) is 5.26 Å². The molecule has 4 aromatic rings. The minimum Gasteiger partial charge on any atom is -0.482 e. The molecule has 0 aliphatic carbocycles. The first-order valence-electron chi connectivity index (χ1n) is 11.5. The van der Waals surface area contributed by atoms with Crippen LogP contribution in [0.3, 0.4) is 0 Å². The molecular weight excluding hydrogens is 468 g/mol. The van der Waals surface area contributed by atoms with Crippen molar-refractivity contribution < 1.29 is 23.7 Å². The summed E-state index contributed by atoms with van der Waals surface area (Å²) < 4.78 is 22.6. The monoisotopic (exact) mass is 490 g/mol. The van der Waals surface area contributed by atoms with Crippen LogP contribution < -0.4 is 24.7 Å². The molecule has 0 bridgehead atoms. The third kappa shape index (κ3) is 5.39. The molecule has 2 N–H and O–H groups in total. The van der Waals surface area contributed by atoms with E-state index in [0.29, 0.717) is 28.6 Å². The lowest BCUT2D eigenvalue weighted by molar-refractivity contribution is -0.136. The summed E-state index contributed by atoms with van der Waals surface area (Å²) in [6.45, 7) is -0.251. The summed E-state index contributed by atoms with van der Waals surface area (Å²) in [4.78, 5) is 12.3. The number of ether oxygens (including phenoxy) is 4. The summed E-state index contributed by atoms with van der Waals surface area (Å²) in [5, 5.41) is 9.87. The van der Waals surface area contributed by atoms with Crippen LogP contribution in [0.1, 0.15) is 17.0 Å². The summed E-state index contributed by atoms with van der Waals surface area (Å²) in [5.74, 6) is 1.49. The van der Waals surface area contributed by atoms with Gasteiger partial charge in [-0.15, -0.1) is 0 Å². The number of benzene rings is 4. The van der Waals surface area contributed by atoms with Gasteiger partial charge in [-0.3, -0.25) is 0 Å². The maximum atomic E-state index is 12.3. The number of para-hydroxylation sites is 2. The Morgan fingerprint density at radius 2 is 1.54 bits per heavy atom. The topological polar surface area (TPSA) is 104 Å². The van der Waals surface area contributed by atoms with Gasteiger partial charge in [-0.25, -0.2) is 4.79 Å².